The van der Waals surface area contributed by atoms with Crippen molar-refractivity contribution in [2.75, 3.05) is 5.32 Å². The van der Waals surface area contributed by atoms with Gasteiger partial charge < -0.3 is 5.32 Å². The zero-order valence-corrected chi connectivity index (χ0v) is 11.4. The predicted octanol–water partition coefficient (Wildman–Crippen LogP) is 2.33. The quantitative estimate of drug-likeness (QED) is 0.752. The summed E-state index contributed by atoms with van der Waals surface area (Å²) in [4.78, 5) is 15.8. The zero-order chi connectivity index (χ0) is 16.4. The van der Waals surface area contributed by atoms with Crippen molar-refractivity contribution >= 4 is 11.6 Å². The lowest BCUT2D eigenvalue weighted by molar-refractivity contribution is 0.102. The van der Waals surface area contributed by atoms with Gasteiger partial charge in [-0.1, -0.05) is 0 Å². The van der Waals surface area contributed by atoms with Crippen molar-refractivity contribution in [2.24, 2.45) is 0 Å². The molecule has 0 fully saturated rings. The Morgan fingerprint density at radius 1 is 1.04 bits per heavy atom. The average molecular weight is 319 g/mol. The van der Waals surface area contributed by atoms with E-state index in [2.05, 4.69) is 20.5 Å². The summed E-state index contributed by atoms with van der Waals surface area (Å²) in [5.74, 6) is -4.87. The van der Waals surface area contributed by atoms with Gasteiger partial charge in [-0.05, 0) is 24.3 Å². The van der Waals surface area contributed by atoms with Crippen LogP contribution in [0.1, 0.15) is 10.5 Å². The number of aromatic nitrogens is 4. The Morgan fingerprint density at radius 2 is 1.87 bits per heavy atom. The van der Waals surface area contributed by atoms with E-state index in [-0.39, 0.29) is 5.69 Å². The van der Waals surface area contributed by atoms with Gasteiger partial charge in [-0.2, -0.15) is 0 Å². The van der Waals surface area contributed by atoms with E-state index < -0.39 is 29.0 Å². The van der Waals surface area contributed by atoms with E-state index in [1.165, 1.54) is 18.5 Å². The molecule has 2 heterocycles. The summed E-state index contributed by atoms with van der Waals surface area (Å²) in [6, 6.07) is 4.49. The molecule has 6 nitrogen and oxygen atoms in total. The highest BCUT2D eigenvalue weighted by Crippen LogP contribution is 2.20. The van der Waals surface area contributed by atoms with Crippen LogP contribution in [0.4, 0.5) is 18.9 Å². The highest BCUT2D eigenvalue weighted by molar-refractivity contribution is 6.02. The highest BCUT2D eigenvalue weighted by Gasteiger charge is 2.17. The predicted molar refractivity (Wildman–Crippen MR) is 73.4 cm³/mol. The molecule has 2 aromatic heterocycles. The van der Waals surface area contributed by atoms with Gasteiger partial charge in [0.25, 0.3) is 5.91 Å². The Labute approximate surface area is 127 Å². The number of anilines is 1. The maximum Gasteiger partial charge on any atom is 0.276 e. The zero-order valence-electron chi connectivity index (χ0n) is 11.4. The summed E-state index contributed by atoms with van der Waals surface area (Å²) >= 11 is 0. The fourth-order valence-electron chi connectivity index (χ4n) is 1.79. The number of carbonyl (C=O) groups excluding carboxylic acids is 1. The summed E-state index contributed by atoms with van der Waals surface area (Å²) < 4.78 is 41.0. The van der Waals surface area contributed by atoms with Gasteiger partial charge in [0.05, 0.1) is 5.69 Å². The van der Waals surface area contributed by atoms with Crippen molar-refractivity contribution in [1.82, 2.24) is 19.7 Å². The van der Waals surface area contributed by atoms with E-state index >= 15 is 0 Å². The number of halogens is 3. The van der Waals surface area contributed by atoms with Gasteiger partial charge in [0.1, 0.15) is 6.33 Å². The first kappa shape index (κ1) is 14.7. The first-order valence-corrected chi connectivity index (χ1v) is 6.33. The molecular formula is C14H8F3N5O. The van der Waals surface area contributed by atoms with Crippen LogP contribution >= 0.6 is 0 Å². The molecule has 23 heavy (non-hydrogen) atoms. The summed E-state index contributed by atoms with van der Waals surface area (Å²) in [6.07, 6.45) is 4.69. The van der Waals surface area contributed by atoms with E-state index in [9.17, 15) is 18.0 Å². The maximum atomic E-state index is 13.5. The fourth-order valence-corrected chi connectivity index (χ4v) is 1.79. The topological polar surface area (TPSA) is 72.7 Å². The van der Waals surface area contributed by atoms with Gasteiger partial charge in [0.15, 0.2) is 29.0 Å². The van der Waals surface area contributed by atoms with Crippen molar-refractivity contribution in [3.05, 3.63) is 66.1 Å². The Morgan fingerprint density at radius 3 is 2.52 bits per heavy atom. The van der Waals surface area contributed by atoms with Crippen LogP contribution in [0.15, 0.2) is 43.0 Å². The van der Waals surface area contributed by atoms with Gasteiger partial charge in [0.2, 0.25) is 0 Å². The molecular weight excluding hydrogens is 311 g/mol. The monoisotopic (exact) mass is 319 g/mol. The molecule has 0 radical (unpaired) electrons. The Kier molecular flexibility index (Phi) is 3.75. The summed E-state index contributed by atoms with van der Waals surface area (Å²) in [6.45, 7) is 0. The Hall–Kier alpha value is -3.23. The first-order chi connectivity index (χ1) is 11.1. The van der Waals surface area contributed by atoms with Gasteiger partial charge in [-0.3, -0.25) is 9.36 Å². The smallest absolute Gasteiger partial charge is 0.276 e. The van der Waals surface area contributed by atoms with Crippen molar-refractivity contribution in [3.63, 3.8) is 0 Å². The third kappa shape index (κ3) is 2.89. The normalized spacial score (nSPS) is 10.6. The van der Waals surface area contributed by atoms with Crippen LogP contribution in [0.25, 0.3) is 5.82 Å². The molecule has 0 bridgehead atoms. The molecule has 0 spiro atoms. The van der Waals surface area contributed by atoms with E-state index in [1.807, 2.05) is 0 Å². The number of hydrogen-bond acceptors (Lipinski definition) is 4. The Bertz CT molecular complexity index is 850. The minimum atomic E-state index is -1.66. The molecule has 0 aliphatic carbocycles. The fraction of sp³-hybridized carbons (Fsp3) is 0. The lowest BCUT2D eigenvalue weighted by Gasteiger charge is -2.07. The molecule has 3 aromatic rings. The third-order valence-corrected chi connectivity index (χ3v) is 2.94. The number of hydrogen-bond donors (Lipinski definition) is 1. The third-order valence-electron chi connectivity index (χ3n) is 2.94. The van der Waals surface area contributed by atoms with Crippen LogP contribution in [0, 0.1) is 17.5 Å². The van der Waals surface area contributed by atoms with Gasteiger partial charge in [0, 0.05) is 12.4 Å². The molecule has 116 valence electrons. The van der Waals surface area contributed by atoms with E-state index in [0.29, 0.717) is 11.9 Å². The second-order valence-corrected chi connectivity index (χ2v) is 4.42. The van der Waals surface area contributed by atoms with Crippen LogP contribution in [0.3, 0.4) is 0 Å². The largest absolute Gasteiger partial charge is 0.318 e. The lowest BCUT2D eigenvalue weighted by atomic mass is 10.2. The van der Waals surface area contributed by atoms with Crippen LogP contribution in [0.2, 0.25) is 0 Å². The van der Waals surface area contributed by atoms with Crippen molar-refractivity contribution < 1.29 is 18.0 Å². The summed E-state index contributed by atoms with van der Waals surface area (Å²) in [5.41, 5.74) is -0.604. The number of amides is 1. The van der Waals surface area contributed by atoms with Crippen molar-refractivity contribution in [3.8, 4) is 5.82 Å². The van der Waals surface area contributed by atoms with Crippen LogP contribution in [-0.4, -0.2) is 25.7 Å². The first-order valence-electron chi connectivity index (χ1n) is 6.33. The van der Waals surface area contributed by atoms with Gasteiger partial charge >= 0.3 is 0 Å². The van der Waals surface area contributed by atoms with E-state index in [4.69, 9.17) is 0 Å². The Balaban J connectivity index is 1.80. The molecule has 1 aromatic carbocycles. The van der Waals surface area contributed by atoms with Crippen molar-refractivity contribution in [2.45, 2.75) is 0 Å². The second kappa shape index (κ2) is 5.87. The molecule has 1 N–H and O–H groups in total. The van der Waals surface area contributed by atoms with Crippen molar-refractivity contribution in [1.29, 1.82) is 0 Å². The van der Waals surface area contributed by atoms with Crippen LogP contribution in [-0.2, 0) is 0 Å². The highest BCUT2D eigenvalue weighted by atomic mass is 19.2. The molecule has 0 aliphatic rings. The standard InChI is InChI=1S/C14H8F3N5O/c15-8-1-2-9(13(17)12(8)16)19-14(23)10-3-4-11(21-20-10)22-6-5-18-7-22/h1-7H,(H,19,23). The summed E-state index contributed by atoms with van der Waals surface area (Å²) in [5, 5.41) is 9.63. The average Bonchev–Trinajstić information content (AvgIpc) is 3.10. The minimum absolute atomic E-state index is 0.113. The number of nitrogens with one attached hydrogen (secondary N) is 1. The maximum absolute atomic E-state index is 13.5. The molecule has 0 aliphatic heterocycles. The number of carbonyl (C=O) groups is 1. The SMILES string of the molecule is O=C(Nc1ccc(F)c(F)c1F)c1ccc(-n2ccnc2)nn1. The van der Waals surface area contributed by atoms with E-state index in [0.717, 1.165) is 6.07 Å². The van der Waals surface area contributed by atoms with Gasteiger partial charge in [-0.25, -0.2) is 18.2 Å². The molecule has 1 amide bonds. The second-order valence-electron chi connectivity index (χ2n) is 4.42. The minimum Gasteiger partial charge on any atom is -0.318 e. The lowest BCUT2D eigenvalue weighted by Crippen LogP contribution is -2.16. The molecule has 0 saturated heterocycles. The number of nitrogens with zero attached hydrogens (tertiary/aromatic N) is 4. The van der Waals surface area contributed by atoms with Crippen LogP contribution in [0.5, 0.6) is 0 Å². The van der Waals surface area contributed by atoms with Crippen LogP contribution < -0.4 is 5.32 Å². The number of rotatable bonds is 3. The molecule has 0 unspecified atom stereocenters. The molecule has 0 saturated carbocycles. The molecule has 3 rings (SSSR count). The molecule has 9 heteroatoms. The summed E-state index contributed by atoms with van der Waals surface area (Å²) in [7, 11) is 0. The van der Waals surface area contributed by atoms with E-state index in [1.54, 1.807) is 17.0 Å². The molecule has 0 atom stereocenters. The van der Waals surface area contributed by atoms with Gasteiger partial charge in [-0.15, -0.1) is 10.2 Å². The number of imidazole rings is 1. The number of benzene rings is 1.